The summed E-state index contributed by atoms with van der Waals surface area (Å²) in [6.45, 7) is 2.94. The number of hydrogen-bond donors (Lipinski definition) is 1. The Morgan fingerprint density at radius 2 is 2.00 bits per heavy atom. The first-order valence-electron chi connectivity index (χ1n) is 6.95. The molecule has 0 radical (unpaired) electrons. The van der Waals surface area contributed by atoms with E-state index in [0.29, 0.717) is 49.0 Å². The molecule has 1 aromatic rings. The largest absolute Gasteiger partial charge is 0.486 e. The third kappa shape index (κ3) is 1.78. The van der Waals surface area contributed by atoms with Gasteiger partial charge < -0.3 is 14.6 Å². The van der Waals surface area contributed by atoms with Crippen LogP contribution in [-0.2, 0) is 16.6 Å². The van der Waals surface area contributed by atoms with Gasteiger partial charge in [0, 0.05) is 5.56 Å². The van der Waals surface area contributed by atoms with Crippen LogP contribution >= 0.6 is 11.6 Å². The van der Waals surface area contributed by atoms with Crippen molar-refractivity contribution < 1.29 is 19.4 Å². The normalized spacial score (nSPS) is 19.3. The molecule has 108 valence electrons. The number of fused-ring (bicyclic) bond motifs is 1. The number of halogens is 1. The first-order valence-corrected chi connectivity index (χ1v) is 7.33. The molecule has 1 N–H and O–H groups in total. The maximum Gasteiger partial charge on any atom is 0.314 e. The molecule has 0 bridgehead atoms. The van der Waals surface area contributed by atoms with Crippen molar-refractivity contribution in [3.63, 3.8) is 0 Å². The smallest absolute Gasteiger partial charge is 0.314 e. The summed E-state index contributed by atoms with van der Waals surface area (Å²) >= 11 is 6.27. The Kier molecular flexibility index (Phi) is 3.28. The highest BCUT2D eigenvalue weighted by Crippen LogP contribution is 2.51. The molecule has 0 spiro atoms. The fraction of sp³-hybridized carbons (Fsp3) is 0.533. The summed E-state index contributed by atoms with van der Waals surface area (Å²) in [5, 5.41) is 10.1. The number of aliphatic carboxylic acids is 1. The van der Waals surface area contributed by atoms with E-state index in [1.165, 1.54) is 0 Å². The van der Waals surface area contributed by atoms with Gasteiger partial charge in [0.15, 0.2) is 11.5 Å². The lowest BCUT2D eigenvalue weighted by Gasteiger charge is -2.40. The molecular weight excluding hydrogens is 280 g/mol. The Morgan fingerprint density at radius 1 is 1.35 bits per heavy atom. The van der Waals surface area contributed by atoms with E-state index in [2.05, 4.69) is 0 Å². The standard InChI is InChI=1S/C15H17ClO4/c1-2-9-10(15(14(17)18)4-3-5-15)8-11(16)13-12(9)19-6-7-20-13/h8H,2-7H2,1H3,(H,17,18). The van der Waals surface area contributed by atoms with Crippen LogP contribution in [0.1, 0.15) is 37.3 Å². The molecule has 0 saturated heterocycles. The first kappa shape index (κ1) is 13.6. The second-order valence-corrected chi connectivity index (χ2v) is 5.74. The van der Waals surface area contributed by atoms with Crippen LogP contribution in [0.15, 0.2) is 6.07 Å². The lowest BCUT2D eigenvalue weighted by Crippen LogP contribution is -2.43. The minimum absolute atomic E-state index is 0.444. The van der Waals surface area contributed by atoms with Crippen LogP contribution in [0.5, 0.6) is 11.5 Å². The zero-order valence-electron chi connectivity index (χ0n) is 11.4. The van der Waals surface area contributed by atoms with E-state index in [0.717, 1.165) is 17.5 Å². The lowest BCUT2D eigenvalue weighted by atomic mass is 9.63. The van der Waals surface area contributed by atoms with Gasteiger partial charge in [-0.3, -0.25) is 4.79 Å². The molecule has 20 heavy (non-hydrogen) atoms. The maximum absolute atomic E-state index is 11.7. The fourth-order valence-corrected chi connectivity index (χ4v) is 3.38. The minimum Gasteiger partial charge on any atom is -0.486 e. The molecule has 2 aliphatic rings. The van der Waals surface area contributed by atoms with Crippen molar-refractivity contribution >= 4 is 17.6 Å². The van der Waals surface area contributed by atoms with E-state index in [1.807, 2.05) is 6.92 Å². The van der Waals surface area contributed by atoms with E-state index in [4.69, 9.17) is 21.1 Å². The Labute approximate surface area is 122 Å². The summed E-state index contributed by atoms with van der Waals surface area (Å²) in [4.78, 5) is 11.7. The van der Waals surface area contributed by atoms with Crippen molar-refractivity contribution in [1.82, 2.24) is 0 Å². The third-order valence-corrected chi connectivity index (χ3v) is 4.64. The molecule has 5 heteroatoms. The summed E-state index contributed by atoms with van der Waals surface area (Å²) in [5.41, 5.74) is 0.921. The van der Waals surface area contributed by atoms with E-state index >= 15 is 0 Å². The van der Waals surface area contributed by atoms with Gasteiger partial charge >= 0.3 is 5.97 Å². The van der Waals surface area contributed by atoms with E-state index < -0.39 is 11.4 Å². The average Bonchev–Trinajstić information content (AvgIpc) is 2.37. The SMILES string of the molecule is CCc1c(C2(C(=O)O)CCC2)cc(Cl)c2c1OCCO2. The molecular formula is C15H17ClO4. The van der Waals surface area contributed by atoms with Gasteiger partial charge in [-0.05, 0) is 30.9 Å². The molecule has 0 aromatic heterocycles. The van der Waals surface area contributed by atoms with Gasteiger partial charge in [-0.2, -0.15) is 0 Å². The Morgan fingerprint density at radius 3 is 2.50 bits per heavy atom. The Bertz CT molecular complexity index is 563. The van der Waals surface area contributed by atoms with Crippen LogP contribution in [0.4, 0.5) is 0 Å². The Hall–Kier alpha value is -1.42. The zero-order chi connectivity index (χ0) is 14.3. The van der Waals surface area contributed by atoms with Crippen LogP contribution in [0.3, 0.4) is 0 Å². The summed E-state index contributed by atoms with van der Waals surface area (Å²) in [6.07, 6.45) is 2.95. The van der Waals surface area contributed by atoms with Gasteiger partial charge in [0.05, 0.1) is 10.4 Å². The molecule has 1 aliphatic carbocycles. The van der Waals surface area contributed by atoms with Gasteiger partial charge in [-0.25, -0.2) is 0 Å². The number of benzene rings is 1. The first-order chi connectivity index (χ1) is 9.60. The number of rotatable bonds is 3. The van der Waals surface area contributed by atoms with Gasteiger partial charge in [0.25, 0.3) is 0 Å². The number of ether oxygens (including phenoxy) is 2. The number of carbonyl (C=O) groups is 1. The molecule has 0 atom stereocenters. The molecule has 3 rings (SSSR count). The number of carboxylic acid groups (broad SMARTS) is 1. The van der Waals surface area contributed by atoms with Crippen molar-refractivity contribution in [2.45, 2.75) is 38.0 Å². The lowest BCUT2D eigenvalue weighted by molar-refractivity contribution is -0.147. The van der Waals surface area contributed by atoms with E-state index in [9.17, 15) is 9.90 Å². The van der Waals surface area contributed by atoms with Crippen LogP contribution in [0, 0.1) is 0 Å². The average molecular weight is 297 g/mol. The zero-order valence-corrected chi connectivity index (χ0v) is 12.1. The Balaban J connectivity index is 2.21. The van der Waals surface area contributed by atoms with Crippen molar-refractivity contribution in [2.24, 2.45) is 0 Å². The topological polar surface area (TPSA) is 55.8 Å². The van der Waals surface area contributed by atoms with Crippen LogP contribution < -0.4 is 9.47 Å². The molecule has 1 saturated carbocycles. The van der Waals surface area contributed by atoms with E-state index in [1.54, 1.807) is 6.07 Å². The molecule has 1 fully saturated rings. The summed E-state index contributed by atoms with van der Waals surface area (Å²) in [7, 11) is 0. The fourth-order valence-electron chi connectivity index (χ4n) is 3.13. The summed E-state index contributed by atoms with van der Waals surface area (Å²) in [6, 6.07) is 1.77. The molecule has 1 heterocycles. The molecule has 4 nitrogen and oxygen atoms in total. The van der Waals surface area contributed by atoms with Crippen LogP contribution in [0.2, 0.25) is 5.02 Å². The second-order valence-electron chi connectivity index (χ2n) is 5.33. The minimum atomic E-state index is -0.801. The molecule has 1 aromatic carbocycles. The van der Waals surface area contributed by atoms with Gasteiger partial charge in [0.2, 0.25) is 0 Å². The van der Waals surface area contributed by atoms with Gasteiger partial charge in [-0.1, -0.05) is 24.9 Å². The highest BCUT2D eigenvalue weighted by atomic mass is 35.5. The predicted molar refractivity (Wildman–Crippen MR) is 75.0 cm³/mol. The second kappa shape index (κ2) is 4.85. The molecule has 1 aliphatic heterocycles. The van der Waals surface area contributed by atoms with Gasteiger partial charge in [-0.15, -0.1) is 0 Å². The molecule has 0 amide bonds. The van der Waals surface area contributed by atoms with Crippen molar-refractivity contribution in [3.8, 4) is 11.5 Å². The van der Waals surface area contributed by atoms with Crippen molar-refractivity contribution in [1.29, 1.82) is 0 Å². The van der Waals surface area contributed by atoms with Crippen molar-refractivity contribution in [3.05, 3.63) is 22.2 Å². The van der Waals surface area contributed by atoms with Crippen molar-refractivity contribution in [2.75, 3.05) is 13.2 Å². The highest BCUT2D eigenvalue weighted by Gasteiger charge is 2.48. The third-order valence-electron chi connectivity index (χ3n) is 4.36. The summed E-state index contributed by atoms with van der Waals surface area (Å²) in [5.74, 6) is 0.415. The van der Waals surface area contributed by atoms with Crippen LogP contribution in [0.25, 0.3) is 0 Å². The highest BCUT2D eigenvalue weighted by molar-refractivity contribution is 6.32. The number of hydrogen-bond acceptors (Lipinski definition) is 3. The monoisotopic (exact) mass is 296 g/mol. The molecule has 0 unspecified atom stereocenters. The maximum atomic E-state index is 11.7. The quantitative estimate of drug-likeness (QED) is 0.931. The van der Waals surface area contributed by atoms with Gasteiger partial charge in [0.1, 0.15) is 13.2 Å². The van der Waals surface area contributed by atoms with E-state index in [-0.39, 0.29) is 0 Å². The van der Waals surface area contributed by atoms with Crippen LogP contribution in [-0.4, -0.2) is 24.3 Å². The summed E-state index contributed by atoms with van der Waals surface area (Å²) < 4.78 is 11.3. The number of carboxylic acids is 1. The predicted octanol–water partition coefficient (Wildman–Crippen LogP) is 3.18.